The minimum atomic E-state index is -3.58. The number of sulfonamides is 1. The molecule has 1 aromatic rings. The SMILES string of the molecule is Cc1ncc(S(=O)(=O)NC2CCCC(C(=O)O)C2)s1. The van der Waals surface area contributed by atoms with Crippen molar-refractivity contribution in [1.29, 1.82) is 0 Å². The third kappa shape index (κ3) is 3.52. The number of aromatic nitrogens is 1. The van der Waals surface area contributed by atoms with Crippen LogP contribution in [0.25, 0.3) is 0 Å². The van der Waals surface area contributed by atoms with Gasteiger partial charge in [0, 0.05) is 6.04 Å². The van der Waals surface area contributed by atoms with Gasteiger partial charge in [0.05, 0.1) is 17.1 Å². The molecule has 2 atom stereocenters. The van der Waals surface area contributed by atoms with Gasteiger partial charge in [0.25, 0.3) is 10.0 Å². The molecule has 2 rings (SSSR count). The molecule has 1 heterocycles. The number of nitrogens with one attached hydrogen (secondary N) is 1. The van der Waals surface area contributed by atoms with Crippen molar-refractivity contribution in [3.8, 4) is 0 Å². The predicted molar refractivity (Wildman–Crippen MR) is 70.6 cm³/mol. The molecule has 0 aliphatic heterocycles. The number of carbonyl (C=O) groups is 1. The fraction of sp³-hybridized carbons (Fsp3) is 0.636. The van der Waals surface area contributed by atoms with E-state index in [9.17, 15) is 13.2 Å². The van der Waals surface area contributed by atoms with Gasteiger partial charge in [-0.2, -0.15) is 0 Å². The lowest BCUT2D eigenvalue weighted by atomic mass is 9.86. The summed E-state index contributed by atoms with van der Waals surface area (Å²) < 4.78 is 27.0. The summed E-state index contributed by atoms with van der Waals surface area (Å²) in [4.78, 5) is 14.9. The Hall–Kier alpha value is -0.990. The van der Waals surface area contributed by atoms with Gasteiger partial charge in [-0.3, -0.25) is 4.79 Å². The molecule has 0 bridgehead atoms. The highest BCUT2D eigenvalue weighted by atomic mass is 32.2. The monoisotopic (exact) mass is 304 g/mol. The van der Waals surface area contributed by atoms with Crippen molar-refractivity contribution in [2.45, 2.75) is 42.9 Å². The normalized spacial score (nSPS) is 24.3. The lowest BCUT2D eigenvalue weighted by Gasteiger charge is -2.26. The molecular formula is C11H16N2O4S2. The highest BCUT2D eigenvalue weighted by Crippen LogP contribution is 2.26. The molecule has 106 valence electrons. The lowest BCUT2D eigenvalue weighted by Crippen LogP contribution is -2.39. The van der Waals surface area contributed by atoms with Crippen molar-refractivity contribution in [1.82, 2.24) is 9.71 Å². The van der Waals surface area contributed by atoms with E-state index < -0.39 is 21.9 Å². The van der Waals surface area contributed by atoms with Crippen LogP contribution >= 0.6 is 11.3 Å². The number of carboxylic acid groups (broad SMARTS) is 1. The van der Waals surface area contributed by atoms with E-state index in [1.165, 1.54) is 6.20 Å². The zero-order chi connectivity index (χ0) is 14.0. The Balaban J connectivity index is 2.06. The van der Waals surface area contributed by atoms with Crippen LogP contribution in [0.15, 0.2) is 10.4 Å². The van der Waals surface area contributed by atoms with Crippen LogP contribution in [0.2, 0.25) is 0 Å². The summed E-state index contributed by atoms with van der Waals surface area (Å²) >= 11 is 1.11. The Morgan fingerprint density at radius 1 is 1.53 bits per heavy atom. The average molecular weight is 304 g/mol. The van der Waals surface area contributed by atoms with E-state index in [1.807, 2.05) is 0 Å². The first-order chi connectivity index (χ1) is 8.88. The maximum atomic E-state index is 12.1. The molecule has 0 aromatic carbocycles. The average Bonchev–Trinajstić information content (AvgIpc) is 2.76. The molecule has 1 aliphatic carbocycles. The molecule has 0 radical (unpaired) electrons. The molecule has 6 nitrogen and oxygen atoms in total. The fourth-order valence-electron chi connectivity index (χ4n) is 2.26. The van der Waals surface area contributed by atoms with Crippen LogP contribution < -0.4 is 4.72 Å². The summed E-state index contributed by atoms with van der Waals surface area (Å²) in [7, 11) is -3.58. The molecule has 0 saturated heterocycles. The molecule has 1 saturated carbocycles. The van der Waals surface area contributed by atoms with Crippen LogP contribution in [-0.4, -0.2) is 30.5 Å². The summed E-state index contributed by atoms with van der Waals surface area (Å²) in [5.41, 5.74) is 0. The second-order valence-corrected chi connectivity index (χ2v) is 7.89. The molecule has 1 aromatic heterocycles. The van der Waals surface area contributed by atoms with Crippen molar-refractivity contribution >= 4 is 27.3 Å². The largest absolute Gasteiger partial charge is 0.481 e. The van der Waals surface area contributed by atoms with Crippen LogP contribution in [0.5, 0.6) is 0 Å². The number of thiazole rings is 1. The van der Waals surface area contributed by atoms with E-state index in [4.69, 9.17) is 5.11 Å². The summed E-state index contributed by atoms with van der Waals surface area (Å²) in [6, 6.07) is -0.303. The minimum absolute atomic E-state index is 0.183. The lowest BCUT2D eigenvalue weighted by molar-refractivity contribution is -0.143. The van der Waals surface area contributed by atoms with E-state index in [-0.39, 0.29) is 10.3 Å². The van der Waals surface area contributed by atoms with Crippen LogP contribution in [0.3, 0.4) is 0 Å². The standard InChI is InChI=1S/C11H16N2O4S2/c1-7-12-6-10(18-7)19(16,17)13-9-4-2-3-8(5-9)11(14)15/h6,8-9,13H,2-5H2,1H3,(H,14,15). The van der Waals surface area contributed by atoms with E-state index in [0.29, 0.717) is 24.3 Å². The number of aryl methyl sites for hydroxylation is 1. The van der Waals surface area contributed by atoms with Gasteiger partial charge < -0.3 is 5.11 Å². The first kappa shape index (κ1) is 14.4. The third-order valence-electron chi connectivity index (χ3n) is 3.21. The highest BCUT2D eigenvalue weighted by Gasteiger charge is 2.30. The Bertz CT molecular complexity index is 567. The number of aliphatic carboxylic acids is 1. The fourth-order valence-corrected chi connectivity index (χ4v) is 4.67. The second kappa shape index (κ2) is 5.56. The summed E-state index contributed by atoms with van der Waals surface area (Å²) in [5.74, 6) is -1.30. The topological polar surface area (TPSA) is 96.4 Å². The van der Waals surface area contributed by atoms with Gasteiger partial charge in [-0.1, -0.05) is 6.42 Å². The van der Waals surface area contributed by atoms with Crippen LogP contribution in [0, 0.1) is 12.8 Å². The van der Waals surface area contributed by atoms with Gasteiger partial charge in [0.2, 0.25) is 0 Å². The van der Waals surface area contributed by atoms with Gasteiger partial charge >= 0.3 is 5.97 Å². The predicted octanol–water partition coefficient (Wildman–Crippen LogP) is 1.37. The number of rotatable bonds is 4. The zero-order valence-electron chi connectivity index (χ0n) is 10.5. The molecule has 0 amide bonds. The van der Waals surface area contributed by atoms with Gasteiger partial charge in [-0.05, 0) is 26.2 Å². The Morgan fingerprint density at radius 3 is 2.84 bits per heavy atom. The van der Waals surface area contributed by atoms with Crippen LogP contribution in [0.1, 0.15) is 30.7 Å². The van der Waals surface area contributed by atoms with Crippen molar-refractivity contribution in [3.63, 3.8) is 0 Å². The molecule has 1 fully saturated rings. The molecule has 8 heteroatoms. The van der Waals surface area contributed by atoms with Crippen LogP contribution in [0.4, 0.5) is 0 Å². The molecule has 2 N–H and O–H groups in total. The summed E-state index contributed by atoms with van der Waals surface area (Å²) in [6.07, 6.45) is 3.71. The smallest absolute Gasteiger partial charge is 0.306 e. The zero-order valence-corrected chi connectivity index (χ0v) is 12.1. The van der Waals surface area contributed by atoms with Gasteiger partial charge in [-0.25, -0.2) is 18.1 Å². The molecule has 1 aliphatic rings. The van der Waals surface area contributed by atoms with Crippen molar-refractivity contribution in [2.75, 3.05) is 0 Å². The molecule has 19 heavy (non-hydrogen) atoms. The first-order valence-electron chi connectivity index (χ1n) is 6.06. The molecule has 0 spiro atoms. The number of nitrogens with zero attached hydrogens (tertiary/aromatic N) is 1. The van der Waals surface area contributed by atoms with Crippen molar-refractivity contribution in [3.05, 3.63) is 11.2 Å². The van der Waals surface area contributed by atoms with E-state index in [1.54, 1.807) is 6.92 Å². The number of carboxylic acids is 1. The van der Waals surface area contributed by atoms with Gasteiger partial charge in [0.1, 0.15) is 0 Å². The van der Waals surface area contributed by atoms with Gasteiger partial charge in [-0.15, -0.1) is 11.3 Å². The third-order valence-corrected chi connectivity index (χ3v) is 6.10. The Morgan fingerprint density at radius 2 is 2.26 bits per heavy atom. The second-order valence-electron chi connectivity index (χ2n) is 4.72. The Labute approximate surface area is 115 Å². The number of hydrogen-bond donors (Lipinski definition) is 2. The molecular weight excluding hydrogens is 288 g/mol. The minimum Gasteiger partial charge on any atom is -0.481 e. The van der Waals surface area contributed by atoms with Crippen molar-refractivity contribution in [2.24, 2.45) is 5.92 Å². The van der Waals surface area contributed by atoms with E-state index in [0.717, 1.165) is 17.8 Å². The summed E-state index contributed by atoms with van der Waals surface area (Å²) in [6.45, 7) is 1.74. The van der Waals surface area contributed by atoms with Crippen molar-refractivity contribution < 1.29 is 18.3 Å². The van der Waals surface area contributed by atoms with E-state index >= 15 is 0 Å². The Kier molecular flexibility index (Phi) is 4.22. The van der Waals surface area contributed by atoms with E-state index in [2.05, 4.69) is 9.71 Å². The highest BCUT2D eigenvalue weighted by molar-refractivity contribution is 7.91. The molecule has 2 unspecified atom stereocenters. The maximum Gasteiger partial charge on any atom is 0.306 e. The first-order valence-corrected chi connectivity index (χ1v) is 8.36. The number of hydrogen-bond acceptors (Lipinski definition) is 5. The summed E-state index contributed by atoms with van der Waals surface area (Å²) in [5, 5.41) is 9.68. The quantitative estimate of drug-likeness (QED) is 0.876. The van der Waals surface area contributed by atoms with Crippen LogP contribution in [-0.2, 0) is 14.8 Å². The maximum absolute atomic E-state index is 12.1. The van der Waals surface area contributed by atoms with Gasteiger partial charge in [0.15, 0.2) is 4.21 Å².